The molecule has 1 aromatic rings. The van der Waals surface area contributed by atoms with Crippen LogP contribution in [0.15, 0.2) is 24.5 Å². The molecule has 1 N–H and O–H groups in total. The fraction of sp³-hybridized carbons (Fsp3) is 0.455. The van der Waals surface area contributed by atoms with Crippen LogP contribution in [0.2, 0.25) is 0 Å². The molecule has 4 nitrogen and oxygen atoms in total. The van der Waals surface area contributed by atoms with Crippen LogP contribution >= 0.6 is 0 Å². The largest absolute Gasteiger partial charge is 0.380 e. The average Bonchev–Trinajstić information content (AvgIpc) is 2.24. The Balaban J connectivity index is 1.88. The summed E-state index contributed by atoms with van der Waals surface area (Å²) in [6.45, 7) is 4.21. The summed E-state index contributed by atoms with van der Waals surface area (Å²) < 4.78 is 5.11. The van der Waals surface area contributed by atoms with Crippen molar-refractivity contribution in [2.45, 2.75) is 6.92 Å². The van der Waals surface area contributed by atoms with E-state index >= 15 is 0 Å². The van der Waals surface area contributed by atoms with Crippen molar-refractivity contribution >= 4 is 5.91 Å². The fourth-order valence-electron chi connectivity index (χ4n) is 1.45. The number of hydrogen-bond acceptors (Lipinski definition) is 3. The van der Waals surface area contributed by atoms with Crippen LogP contribution < -0.4 is 5.32 Å². The van der Waals surface area contributed by atoms with E-state index in [1.54, 1.807) is 24.5 Å². The van der Waals surface area contributed by atoms with E-state index in [4.69, 9.17) is 4.74 Å². The van der Waals surface area contributed by atoms with Gasteiger partial charge in [-0.1, -0.05) is 6.92 Å². The molecule has 1 fully saturated rings. The molecular weight excluding hydrogens is 192 g/mol. The summed E-state index contributed by atoms with van der Waals surface area (Å²) in [6, 6.07) is 3.41. The molecule has 0 radical (unpaired) electrons. The van der Waals surface area contributed by atoms with E-state index in [0.29, 0.717) is 12.1 Å². The maximum atomic E-state index is 11.7. The summed E-state index contributed by atoms with van der Waals surface area (Å²) in [5.74, 6) is -0.0504. The molecule has 1 aliphatic rings. The van der Waals surface area contributed by atoms with Gasteiger partial charge in [0.05, 0.1) is 13.2 Å². The molecule has 0 saturated carbocycles. The predicted molar refractivity (Wildman–Crippen MR) is 55.5 cm³/mol. The molecule has 15 heavy (non-hydrogen) atoms. The van der Waals surface area contributed by atoms with E-state index in [2.05, 4.69) is 17.2 Å². The number of nitrogens with zero attached hydrogens (tertiary/aromatic N) is 1. The Bertz CT molecular complexity index is 347. The van der Waals surface area contributed by atoms with E-state index in [0.717, 1.165) is 13.2 Å². The molecular formula is C11H14N2O2. The minimum atomic E-state index is -0.0504. The fourth-order valence-corrected chi connectivity index (χ4v) is 1.45. The molecule has 0 unspecified atom stereocenters. The second kappa shape index (κ2) is 3.98. The van der Waals surface area contributed by atoms with Gasteiger partial charge >= 0.3 is 0 Å². The summed E-state index contributed by atoms with van der Waals surface area (Å²) in [5.41, 5.74) is 0.761. The molecule has 0 atom stereocenters. The highest BCUT2D eigenvalue weighted by Crippen LogP contribution is 2.25. The summed E-state index contributed by atoms with van der Waals surface area (Å²) in [5, 5.41) is 2.89. The summed E-state index contributed by atoms with van der Waals surface area (Å²) in [4.78, 5) is 15.5. The van der Waals surface area contributed by atoms with Gasteiger partial charge in [0.1, 0.15) is 0 Å². The van der Waals surface area contributed by atoms with Gasteiger partial charge in [0, 0.05) is 29.9 Å². The van der Waals surface area contributed by atoms with Crippen LogP contribution in [0, 0.1) is 5.41 Å². The molecule has 0 bridgehead atoms. The molecule has 2 heterocycles. The lowest BCUT2D eigenvalue weighted by Crippen LogP contribution is -2.48. The number of ether oxygens (including phenoxy) is 1. The maximum Gasteiger partial charge on any atom is 0.251 e. The van der Waals surface area contributed by atoms with Crippen molar-refractivity contribution in [1.29, 1.82) is 0 Å². The average molecular weight is 206 g/mol. The smallest absolute Gasteiger partial charge is 0.251 e. The highest BCUT2D eigenvalue weighted by Gasteiger charge is 2.33. The summed E-state index contributed by atoms with van der Waals surface area (Å²) >= 11 is 0. The minimum Gasteiger partial charge on any atom is -0.380 e. The van der Waals surface area contributed by atoms with Gasteiger partial charge in [-0.15, -0.1) is 0 Å². The van der Waals surface area contributed by atoms with Gasteiger partial charge in [-0.25, -0.2) is 0 Å². The SMILES string of the molecule is CC1(CNC(=O)c2ccncc2)COC1. The second-order valence-electron chi connectivity index (χ2n) is 4.22. The number of carbonyl (C=O) groups excluding carboxylic acids is 1. The van der Waals surface area contributed by atoms with Crippen LogP contribution in [0.5, 0.6) is 0 Å². The number of amides is 1. The lowest BCUT2D eigenvalue weighted by atomic mass is 9.89. The number of carbonyl (C=O) groups is 1. The predicted octanol–water partition coefficient (Wildman–Crippen LogP) is 0.848. The number of nitrogens with one attached hydrogen (secondary N) is 1. The number of pyridine rings is 1. The van der Waals surface area contributed by atoms with Crippen LogP contribution in [0.1, 0.15) is 17.3 Å². The van der Waals surface area contributed by atoms with E-state index in [1.807, 2.05) is 0 Å². The van der Waals surface area contributed by atoms with Crippen molar-refractivity contribution < 1.29 is 9.53 Å². The molecule has 1 saturated heterocycles. The molecule has 0 aromatic carbocycles. The van der Waals surface area contributed by atoms with E-state index in [-0.39, 0.29) is 11.3 Å². The number of hydrogen-bond donors (Lipinski definition) is 1. The van der Waals surface area contributed by atoms with Crippen molar-refractivity contribution in [3.05, 3.63) is 30.1 Å². The van der Waals surface area contributed by atoms with Crippen LogP contribution in [0.25, 0.3) is 0 Å². The van der Waals surface area contributed by atoms with Crippen molar-refractivity contribution in [2.24, 2.45) is 5.41 Å². The highest BCUT2D eigenvalue weighted by molar-refractivity contribution is 5.93. The van der Waals surface area contributed by atoms with Crippen LogP contribution in [-0.4, -0.2) is 30.6 Å². The summed E-state index contributed by atoms with van der Waals surface area (Å²) in [6.07, 6.45) is 3.23. The van der Waals surface area contributed by atoms with Crippen molar-refractivity contribution in [2.75, 3.05) is 19.8 Å². The Morgan fingerprint density at radius 3 is 2.73 bits per heavy atom. The summed E-state index contributed by atoms with van der Waals surface area (Å²) in [7, 11) is 0. The third-order valence-electron chi connectivity index (χ3n) is 2.52. The zero-order valence-electron chi connectivity index (χ0n) is 8.69. The molecule has 1 aromatic heterocycles. The van der Waals surface area contributed by atoms with Crippen LogP contribution in [0.4, 0.5) is 0 Å². The first-order chi connectivity index (χ1) is 7.20. The van der Waals surface area contributed by atoms with E-state index in [1.165, 1.54) is 0 Å². The topological polar surface area (TPSA) is 51.2 Å². The molecule has 1 amide bonds. The highest BCUT2D eigenvalue weighted by atomic mass is 16.5. The van der Waals surface area contributed by atoms with Gasteiger partial charge in [-0.3, -0.25) is 9.78 Å². The minimum absolute atomic E-state index is 0.0504. The first kappa shape index (κ1) is 10.1. The maximum absolute atomic E-state index is 11.7. The van der Waals surface area contributed by atoms with E-state index < -0.39 is 0 Å². The normalized spacial score (nSPS) is 17.9. The first-order valence-corrected chi connectivity index (χ1v) is 4.96. The Morgan fingerprint density at radius 2 is 2.20 bits per heavy atom. The third-order valence-corrected chi connectivity index (χ3v) is 2.52. The molecule has 0 aliphatic carbocycles. The van der Waals surface area contributed by atoms with Gasteiger partial charge in [0.2, 0.25) is 0 Å². The van der Waals surface area contributed by atoms with Crippen LogP contribution in [-0.2, 0) is 4.74 Å². The third kappa shape index (κ3) is 2.33. The molecule has 80 valence electrons. The Hall–Kier alpha value is -1.42. The zero-order valence-corrected chi connectivity index (χ0v) is 8.69. The van der Waals surface area contributed by atoms with Gasteiger partial charge in [-0.2, -0.15) is 0 Å². The van der Waals surface area contributed by atoms with Gasteiger partial charge < -0.3 is 10.1 Å². The number of rotatable bonds is 3. The second-order valence-corrected chi connectivity index (χ2v) is 4.22. The Morgan fingerprint density at radius 1 is 1.53 bits per heavy atom. The van der Waals surface area contributed by atoms with Crippen molar-refractivity contribution in [1.82, 2.24) is 10.3 Å². The standard InChI is InChI=1S/C11H14N2O2/c1-11(7-15-8-11)6-13-10(14)9-2-4-12-5-3-9/h2-5H,6-8H2,1H3,(H,13,14). The van der Waals surface area contributed by atoms with Gasteiger partial charge in [-0.05, 0) is 12.1 Å². The zero-order chi connectivity index (χ0) is 10.7. The van der Waals surface area contributed by atoms with Crippen molar-refractivity contribution in [3.8, 4) is 0 Å². The lowest BCUT2D eigenvalue weighted by Gasteiger charge is -2.38. The van der Waals surface area contributed by atoms with E-state index in [9.17, 15) is 4.79 Å². The molecule has 0 spiro atoms. The lowest BCUT2D eigenvalue weighted by molar-refractivity contribution is -0.0978. The Kier molecular flexibility index (Phi) is 2.68. The number of aromatic nitrogens is 1. The Labute approximate surface area is 88.7 Å². The quantitative estimate of drug-likeness (QED) is 0.797. The molecule has 4 heteroatoms. The monoisotopic (exact) mass is 206 g/mol. The van der Waals surface area contributed by atoms with Crippen LogP contribution in [0.3, 0.4) is 0 Å². The molecule has 1 aliphatic heterocycles. The van der Waals surface area contributed by atoms with Crippen molar-refractivity contribution in [3.63, 3.8) is 0 Å². The van der Waals surface area contributed by atoms with Gasteiger partial charge in [0.15, 0.2) is 0 Å². The van der Waals surface area contributed by atoms with Gasteiger partial charge in [0.25, 0.3) is 5.91 Å². The molecule has 2 rings (SSSR count). The first-order valence-electron chi connectivity index (χ1n) is 4.96.